The lowest BCUT2D eigenvalue weighted by Crippen LogP contribution is -2.59. The number of piperidine rings is 1. The first-order chi connectivity index (χ1) is 16.5. The fraction of sp³-hybridized carbons (Fsp3) is 0.636. The van der Waals surface area contributed by atoms with Crippen LogP contribution in [0.3, 0.4) is 0 Å². The number of carbonyl (C=O) groups is 2. The van der Waals surface area contributed by atoms with E-state index in [1.165, 1.54) is 0 Å². The number of halogens is 3. The molecular weight excluding hydrogens is 491 g/mol. The smallest absolute Gasteiger partial charge is 0.416 e. The molecule has 0 aliphatic carbocycles. The Kier molecular flexibility index (Phi) is 8.45. The van der Waals surface area contributed by atoms with Gasteiger partial charge in [0, 0.05) is 32.3 Å². The van der Waals surface area contributed by atoms with Gasteiger partial charge in [0.2, 0.25) is 0 Å². The van der Waals surface area contributed by atoms with Gasteiger partial charge in [-0.1, -0.05) is 6.92 Å². The first-order valence-corrected chi connectivity index (χ1v) is 12.9. The Hall–Kier alpha value is -2.22. The van der Waals surface area contributed by atoms with E-state index < -0.39 is 33.4 Å². The normalized spacial score (nSPS) is 27.5. The molecule has 0 aromatic heterocycles. The second-order valence-electron chi connectivity index (χ2n) is 8.98. The lowest BCUT2D eigenvalue weighted by atomic mass is 9.81. The van der Waals surface area contributed by atoms with Crippen molar-refractivity contribution >= 4 is 28.3 Å². The molecule has 3 saturated heterocycles. The average Bonchev–Trinajstić information content (AvgIpc) is 3.00. The molecule has 0 radical (unpaired) electrons. The van der Waals surface area contributed by atoms with Crippen LogP contribution in [0, 0.1) is 5.92 Å². The summed E-state index contributed by atoms with van der Waals surface area (Å²) in [5.41, 5.74) is -2.26. The molecule has 35 heavy (non-hydrogen) atoms. The molecule has 9 nitrogen and oxygen atoms in total. The van der Waals surface area contributed by atoms with Crippen molar-refractivity contribution in [3.05, 3.63) is 29.8 Å². The number of hydrogen-bond donors (Lipinski definition) is 2. The molecule has 3 heterocycles. The highest BCUT2D eigenvalue weighted by atomic mass is 32.2. The topological polar surface area (TPSA) is 116 Å². The third kappa shape index (κ3) is 5.96. The van der Waals surface area contributed by atoms with Crippen LogP contribution in [-0.4, -0.2) is 68.7 Å². The molecule has 2 N–H and O–H groups in total. The highest BCUT2D eigenvalue weighted by Crippen LogP contribution is 2.39. The van der Waals surface area contributed by atoms with Gasteiger partial charge in [0.15, 0.2) is 0 Å². The highest BCUT2D eigenvalue weighted by molar-refractivity contribution is 7.92. The van der Waals surface area contributed by atoms with Gasteiger partial charge in [0.1, 0.15) is 5.54 Å². The summed E-state index contributed by atoms with van der Waals surface area (Å²) in [6.45, 7) is 4.73. The van der Waals surface area contributed by atoms with E-state index in [1.807, 2.05) is 6.92 Å². The second kappa shape index (κ2) is 10.8. The number of carbonyl (C=O) groups excluding carboxylic acids is 1. The van der Waals surface area contributed by atoms with E-state index in [0.717, 1.165) is 63.3 Å². The predicted molar refractivity (Wildman–Crippen MR) is 121 cm³/mol. The number of benzene rings is 1. The van der Waals surface area contributed by atoms with E-state index in [1.54, 1.807) is 0 Å². The van der Waals surface area contributed by atoms with Crippen molar-refractivity contribution in [1.29, 1.82) is 0 Å². The number of carboxylic acid groups (broad SMARTS) is 1. The van der Waals surface area contributed by atoms with Crippen LogP contribution in [0.2, 0.25) is 0 Å². The molecule has 3 aliphatic heterocycles. The van der Waals surface area contributed by atoms with Crippen molar-refractivity contribution in [2.45, 2.75) is 56.8 Å². The van der Waals surface area contributed by atoms with Gasteiger partial charge < -0.3 is 9.84 Å². The van der Waals surface area contributed by atoms with E-state index in [-0.39, 0.29) is 18.2 Å². The summed E-state index contributed by atoms with van der Waals surface area (Å²) in [6, 6.07) is 3.65. The fourth-order valence-electron chi connectivity index (χ4n) is 5.02. The zero-order valence-corrected chi connectivity index (χ0v) is 20.1. The summed E-state index contributed by atoms with van der Waals surface area (Å²) in [4.78, 5) is 24.1. The number of nitrogens with zero attached hydrogens (tertiary/aromatic N) is 2. The molecule has 4 rings (SSSR count). The number of rotatable bonds is 4. The van der Waals surface area contributed by atoms with Crippen LogP contribution in [-0.2, 0) is 30.7 Å². The minimum atomic E-state index is -4.54. The van der Waals surface area contributed by atoms with Gasteiger partial charge in [-0.15, -0.1) is 0 Å². The molecule has 0 bridgehead atoms. The summed E-state index contributed by atoms with van der Waals surface area (Å²) in [5, 5.41) is 6.89. The molecule has 3 aliphatic rings. The lowest BCUT2D eigenvalue weighted by molar-refractivity contribution is -0.137. The molecule has 1 aromatic rings. The fourth-order valence-corrected chi connectivity index (χ4v) is 6.67. The van der Waals surface area contributed by atoms with Crippen LogP contribution in [0.4, 0.5) is 18.9 Å². The first-order valence-electron chi connectivity index (χ1n) is 11.4. The van der Waals surface area contributed by atoms with Gasteiger partial charge in [0.25, 0.3) is 12.4 Å². The van der Waals surface area contributed by atoms with Crippen molar-refractivity contribution in [2.75, 3.05) is 30.6 Å². The summed E-state index contributed by atoms with van der Waals surface area (Å²) in [7, 11) is -4.20. The van der Waals surface area contributed by atoms with Crippen LogP contribution in [0.1, 0.15) is 44.6 Å². The van der Waals surface area contributed by atoms with Crippen molar-refractivity contribution in [3.8, 4) is 0 Å². The standard InChI is InChI=1S/C21H28F3N3O4S.CH2O2/c1-2-17-13-20(9-10-26(17)14-15-7-11-31-12-8-15)19(28)27(32(29,30)25-20)18-5-3-16(4-6-18)21(22,23)24;2-1-3/h3-6,15,17,25H,2,7-14H2,1H3;1H,(H,2,3). The van der Waals surface area contributed by atoms with Gasteiger partial charge in [-0.25, -0.2) is 0 Å². The second-order valence-corrected chi connectivity index (χ2v) is 10.5. The van der Waals surface area contributed by atoms with Gasteiger partial charge >= 0.3 is 16.4 Å². The summed E-state index contributed by atoms with van der Waals surface area (Å²) in [6.07, 6.45) is -1.14. The molecular formula is C22H30F3N3O6S. The van der Waals surface area contributed by atoms with Crippen molar-refractivity contribution in [1.82, 2.24) is 9.62 Å². The summed E-state index contributed by atoms with van der Waals surface area (Å²) < 4.78 is 73.0. The minimum Gasteiger partial charge on any atom is -0.483 e. The zero-order chi connectivity index (χ0) is 25.9. The maximum Gasteiger partial charge on any atom is 0.416 e. The highest BCUT2D eigenvalue weighted by Gasteiger charge is 2.57. The van der Waals surface area contributed by atoms with E-state index in [9.17, 15) is 26.4 Å². The Morgan fingerprint density at radius 2 is 1.83 bits per heavy atom. The Balaban J connectivity index is 0.00000108. The van der Waals surface area contributed by atoms with E-state index >= 15 is 0 Å². The Morgan fingerprint density at radius 1 is 1.23 bits per heavy atom. The van der Waals surface area contributed by atoms with Crippen molar-refractivity contribution in [3.63, 3.8) is 0 Å². The van der Waals surface area contributed by atoms with E-state index in [0.29, 0.717) is 29.6 Å². The number of alkyl halides is 3. The Bertz CT molecular complexity index is 999. The van der Waals surface area contributed by atoms with Gasteiger partial charge in [-0.05, 0) is 62.3 Å². The van der Waals surface area contributed by atoms with E-state index in [2.05, 4.69) is 9.62 Å². The molecule has 2 unspecified atom stereocenters. The van der Waals surface area contributed by atoms with Crippen LogP contribution in [0.5, 0.6) is 0 Å². The third-order valence-corrected chi connectivity index (χ3v) is 8.32. The van der Waals surface area contributed by atoms with Crippen LogP contribution < -0.4 is 9.03 Å². The summed E-state index contributed by atoms with van der Waals surface area (Å²) >= 11 is 0. The maximum absolute atomic E-state index is 13.4. The van der Waals surface area contributed by atoms with Crippen molar-refractivity contribution in [2.24, 2.45) is 5.92 Å². The number of amides is 1. The number of anilines is 1. The summed E-state index contributed by atoms with van der Waals surface area (Å²) in [5.74, 6) is -0.104. The number of nitrogens with one attached hydrogen (secondary N) is 1. The SMILES string of the molecule is CCC1CC2(CCN1CC1CCOCC1)NS(=O)(=O)N(c1ccc(C(F)(F)F)cc1)C2=O.O=CO. The number of likely N-dealkylation sites (tertiary alicyclic amines) is 1. The molecule has 1 spiro atoms. The Morgan fingerprint density at radius 3 is 2.37 bits per heavy atom. The molecule has 3 fully saturated rings. The minimum absolute atomic E-state index is 0.0331. The Labute approximate surface area is 202 Å². The predicted octanol–water partition coefficient (Wildman–Crippen LogP) is 2.63. The van der Waals surface area contributed by atoms with Crippen LogP contribution in [0.15, 0.2) is 24.3 Å². The van der Waals surface area contributed by atoms with Gasteiger partial charge in [-0.2, -0.15) is 30.6 Å². The maximum atomic E-state index is 13.4. The molecule has 13 heteroatoms. The van der Waals surface area contributed by atoms with E-state index in [4.69, 9.17) is 14.6 Å². The molecule has 1 amide bonds. The van der Waals surface area contributed by atoms with Gasteiger partial charge in [0.05, 0.1) is 11.3 Å². The largest absolute Gasteiger partial charge is 0.483 e. The molecule has 0 saturated carbocycles. The quantitative estimate of drug-likeness (QED) is 0.585. The van der Waals surface area contributed by atoms with Crippen LogP contribution >= 0.6 is 0 Å². The average molecular weight is 522 g/mol. The van der Waals surface area contributed by atoms with Crippen molar-refractivity contribution < 1.29 is 41.0 Å². The molecule has 196 valence electrons. The monoisotopic (exact) mass is 521 g/mol. The zero-order valence-electron chi connectivity index (χ0n) is 19.3. The third-order valence-electron chi connectivity index (χ3n) is 6.82. The number of hydrogen-bond acceptors (Lipinski definition) is 6. The van der Waals surface area contributed by atoms with Crippen LogP contribution in [0.25, 0.3) is 0 Å². The lowest BCUT2D eigenvalue weighted by Gasteiger charge is -2.44. The van der Waals surface area contributed by atoms with Gasteiger partial charge in [-0.3, -0.25) is 14.5 Å². The number of ether oxygens (including phenoxy) is 1. The molecule has 2 atom stereocenters. The first kappa shape index (κ1) is 27.4. The molecule has 1 aromatic carbocycles.